The van der Waals surface area contributed by atoms with E-state index in [-0.39, 0.29) is 24.5 Å². The van der Waals surface area contributed by atoms with E-state index in [1.165, 1.54) is 15.3 Å². The summed E-state index contributed by atoms with van der Waals surface area (Å²) < 4.78 is 5.50. The number of thiophene rings is 2. The van der Waals surface area contributed by atoms with Gasteiger partial charge in [-0.05, 0) is 47.0 Å². The number of carbonyl (C=O) groups is 2. The van der Waals surface area contributed by atoms with Gasteiger partial charge in [0.05, 0.1) is 11.7 Å². The number of ether oxygens (including phenoxy) is 1. The number of carbonyl (C=O) groups excluding carboxylic acids is 2. The Balaban J connectivity index is 1.36. The molecule has 2 aromatic heterocycles. The first kappa shape index (κ1) is 18.4. The number of anilines is 1. The van der Waals surface area contributed by atoms with E-state index in [0.717, 1.165) is 12.1 Å². The molecule has 2 amide bonds. The molecule has 0 unspecified atom stereocenters. The molecule has 0 radical (unpaired) electrons. The molecule has 3 aromatic rings. The lowest BCUT2D eigenvalue weighted by Crippen LogP contribution is -2.44. The number of hydrogen-bond donors (Lipinski definition) is 0. The highest BCUT2D eigenvalue weighted by atomic mass is 32.1. The van der Waals surface area contributed by atoms with Crippen molar-refractivity contribution in [2.75, 3.05) is 24.6 Å². The minimum absolute atomic E-state index is 0.0189. The van der Waals surface area contributed by atoms with Crippen LogP contribution in [0.15, 0.2) is 53.2 Å². The van der Waals surface area contributed by atoms with Gasteiger partial charge in [-0.25, -0.2) is 0 Å². The van der Waals surface area contributed by atoms with Gasteiger partial charge in [0.25, 0.3) is 5.91 Å². The molecule has 0 saturated heterocycles. The van der Waals surface area contributed by atoms with Crippen LogP contribution < -0.4 is 9.64 Å². The van der Waals surface area contributed by atoms with Crippen LogP contribution in [0.25, 0.3) is 0 Å². The van der Waals surface area contributed by atoms with Crippen LogP contribution in [0.3, 0.4) is 0 Å². The van der Waals surface area contributed by atoms with Gasteiger partial charge in [-0.1, -0.05) is 18.2 Å². The molecule has 5 nitrogen and oxygen atoms in total. The van der Waals surface area contributed by atoms with Crippen molar-refractivity contribution in [2.24, 2.45) is 0 Å². The first-order valence-corrected chi connectivity index (χ1v) is 11.4. The van der Waals surface area contributed by atoms with E-state index in [2.05, 4.69) is 22.9 Å². The number of amides is 2. The summed E-state index contributed by atoms with van der Waals surface area (Å²) in [6.45, 7) is 1.09. The van der Waals surface area contributed by atoms with E-state index in [1.54, 1.807) is 27.6 Å². The van der Waals surface area contributed by atoms with Gasteiger partial charge < -0.3 is 14.5 Å². The topological polar surface area (TPSA) is 49.9 Å². The molecule has 2 aliphatic heterocycles. The van der Waals surface area contributed by atoms with Crippen molar-refractivity contribution in [1.29, 1.82) is 0 Å². The minimum atomic E-state index is -0.106. The van der Waals surface area contributed by atoms with Crippen molar-refractivity contribution < 1.29 is 14.3 Å². The zero-order chi connectivity index (χ0) is 19.8. The second-order valence-corrected chi connectivity index (χ2v) is 9.09. The lowest BCUT2D eigenvalue weighted by molar-refractivity contribution is -0.133. The zero-order valence-electron chi connectivity index (χ0n) is 15.7. The van der Waals surface area contributed by atoms with Crippen LogP contribution in [-0.2, 0) is 16.0 Å². The molecule has 0 fully saturated rings. The number of para-hydroxylation sites is 2. The molecule has 1 aromatic carbocycles. The maximum atomic E-state index is 13.3. The third kappa shape index (κ3) is 3.34. The Bertz CT molecular complexity index is 1040. The summed E-state index contributed by atoms with van der Waals surface area (Å²) in [5.41, 5.74) is 1.98. The summed E-state index contributed by atoms with van der Waals surface area (Å²) in [7, 11) is 0. The molecule has 0 saturated carbocycles. The molecule has 148 valence electrons. The van der Waals surface area contributed by atoms with Crippen LogP contribution in [0.5, 0.6) is 5.75 Å². The second-order valence-electron chi connectivity index (χ2n) is 7.11. The summed E-state index contributed by atoms with van der Waals surface area (Å²) >= 11 is 3.45. The third-order valence-electron chi connectivity index (χ3n) is 5.46. The molecule has 1 atom stereocenters. The SMILES string of the molecule is O=C1COc2ccccc2N1CCC(=O)N1CCc2sccc2[C@@H]1c1cccs1. The zero-order valence-corrected chi connectivity index (χ0v) is 17.4. The van der Waals surface area contributed by atoms with E-state index in [1.807, 2.05) is 35.2 Å². The summed E-state index contributed by atoms with van der Waals surface area (Å²) in [5, 5.41) is 4.17. The summed E-state index contributed by atoms with van der Waals surface area (Å²) in [6, 6.07) is 13.7. The van der Waals surface area contributed by atoms with Gasteiger partial charge in [-0.2, -0.15) is 0 Å². The van der Waals surface area contributed by atoms with Gasteiger partial charge in [0.1, 0.15) is 5.75 Å². The van der Waals surface area contributed by atoms with Crippen LogP contribution in [0.2, 0.25) is 0 Å². The standard InChI is InChI=1S/C22H20N2O3S2/c25-20(8-11-23-16-4-1-2-5-17(16)27-14-21(23)26)24-10-7-18-15(9-13-29-18)22(24)19-6-3-12-28-19/h1-6,9,12-13,22H,7-8,10-11,14H2/t22-/m1/s1. The lowest BCUT2D eigenvalue weighted by Gasteiger charge is -2.36. The minimum Gasteiger partial charge on any atom is -0.482 e. The quantitative estimate of drug-likeness (QED) is 0.634. The highest BCUT2D eigenvalue weighted by Gasteiger charge is 2.34. The van der Waals surface area contributed by atoms with Gasteiger partial charge >= 0.3 is 0 Å². The normalized spacial score (nSPS) is 18.2. The van der Waals surface area contributed by atoms with Crippen molar-refractivity contribution in [3.63, 3.8) is 0 Å². The van der Waals surface area contributed by atoms with Crippen LogP contribution in [0.4, 0.5) is 5.69 Å². The molecule has 0 aliphatic carbocycles. The van der Waals surface area contributed by atoms with Crippen molar-refractivity contribution in [3.05, 3.63) is 68.5 Å². The summed E-state index contributed by atoms with van der Waals surface area (Å²) in [6.07, 6.45) is 1.18. The maximum Gasteiger partial charge on any atom is 0.265 e. The predicted molar refractivity (Wildman–Crippen MR) is 115 cm³/mol. The molecule has 7 heteroatoms. The monoisotopic (exact) mass is 424 g/mol. The van der Waals surface area contributed by atoms with Gasteiger partial charge in [0, 0.05) is 29.3 Å². The molecule has 0 bridgehead atoms. The van der Waals surface area contributed by atoms with E-state index in [0.29, 0.717) is 25.3 Å². The average Bonchev–Trinajstić information content (AvgIpc) is 3.44. The van der Waals surface area contributed by atoms with Crippen LogP contribution >= 0.6 is 22.7 Å². The fourth-order valence-electron chi connectivity index (χ4n) is 4.09. The molecule has 0 N–H and O–H groups in total. The Morgan fingerprint density at radius 2 is 2.00 bits per heavy atom. The van der Waals surface area contributed by atoms with Gasteiger partial charge in [-0.15, -0.1) is 22.7 Å². The van der Waals surface area contributed by atoms with E-state index in [9.17, 15) is 9.59 Å². The molecule has 2 aliphatic rings. The molecular formula is C22H20N2O3S2. The Morgan fingerprint density at radius 1 is 1.10 bits per heavy atom. The number of nitrogens with zero attached hydrogens (tertiary/aromatic N) is 2. The van der Waals surface area contributed by atoms with Crippen molar-refractivity contribution in [1.82, 2.24) is 4.90 Å². The number of benzene rings is 1. The smallest absolute Gasteiger partial charge is 0.265 e. The predicted octanol–water partition coefficient (Wildman–Crippen LogP) is 4.10. The second kappa shape index (κ2) is 7.65. The maximum absolute atomic E-state index is 13.3. The van der Waals surface area contributed by atoms with E-state index >= 15 is 0 Å². The lowest BCUT2D eigenvalue weighted by atomic mass is 9.98. The average molecular weight is 425 g/mol. The number of fused-ring (bicyclic) bond motifs is 2. The Labute approximate surface area is 177 Å². The highest BCUT2D eigenvalue weighted by Crippen LogP contribution is 2.40. The highest BCUT2D eigenvalue weighted by molar-refractivity contribution is 7.10. The van der Waals surface area contributed by atoms with Crippen molar-refractivity contribution in [2.45, 2.75) is 18.9 Å². The van der Waals surface area contributed by atoms with Crippen LogP contribution in [-0.4, -0.2) is 36.4 Å². The van der Waals surface area contributed by atoms with Crippen molar-refractivity contribution >= 4 is 40.2 Å². The summed E-state index contributed by atoms with van der Waals surface area (Å²) in [5.74, 6) is 0.666. The van der Waals surface area contributed by atoms with E-state index < -0.39 is 0 Å². The Morgan fingerprint density at radius 3 is 2.86 bits per heavy atom. The van der Waals surface area contributed by atoms with Crippen molar-refractivity contribution in [3.8, 4) is 5.75 Å². The first-order valence-electron chi connectivity index (χ1n) is 9.63. The van der Waals surface area contributed by atoms with Gasteiger partial charge in [-0.3, -0.25) is 9.59 Å². The number of hydrogen-bond acceptors (Lipinski definition) is 5. The number of rotatable bonds is 4. The van der Waals surface area contributed by atoms with Crippen LogP contribution in [0, 0.1) is 0 Å². The van der Waals surface area contributed by atoms with Gasteiger partial charge in [0.2, 0.25) is 5.91 Å². The molecule has 5 rings (SSSR count). The molecule has 4 heterocycles. The Kier molecular flexibility index (Phi) is 4.85. The molecule has 29 heavy (non-hydrogen) atoms. The molecule has 0 spiro atoms. The first-order chi connectivity index (χ1) is 14.2. The van der Waals surface area contributed by atoms with Gasteiger partial charge in [0.15, 0.2) is 6.61 Å². The Hall–Kier alpha value is -2.64. The molecular weight excluding hydrogens is 404 g/mol. The fraction of sp³-hybridized carbons (Fsp3) is 0.273. The summed E-state index contributed by atoms with van der Waals surface area (Å²) in [4.78, 5) is 31.9. The fourth-order valence-corrected chi connectivity index (χ4v) is 5.85. The van der Waals surface area contributed by atoms with Crippen LogP contribution in [0.1, 0.15) is 27.8 Å². The largest absolute Gasteiger partial charge is 0.482 e. The van der Waals surface area contributed by atoms with E-state index in [4.69, 9.17) is 4.74 Å². The third-order valence-corrected chi connectivity index (χ3v) is 7.38.